The zero-order chi connectivity index (χ0) is 15.4. The fourth-order valence-corrected chi connectivity index (χ4v) is 2.94. The maximum atomic E-state index is 6.14. The maximum Gasteiger partial charge on any atom is 0.150 e. The summed E-state index contributed by atoms with van der Waals surface area (Å²) < 4.78 is 5.80. The van der Waals surface area contributed by atoms with Crippen molar-refractivity contribution in [3.8, 4) is 5.75 Å². The number of hydrogen-bond acceptors (Lipinski definition) is 5. The lowest BCUT2D eigenvalue weighted by Crippen LogP contribution is -2.36. The molecule has 0 bridgehead atoms. The van der Waals surface area contributed by atoms with Crippen LogP contribution in [0.4, 0.5) is 5.82 Å². The molecule has 0 unspecified atom stereocenters. The molecule has 0 atom stereocenters. The summed E-state index contributed by atoms with van der Waals surface area (Å²) in [7, 11) is 0. The molecule has 0 amide bonds. The number of ether oxygens (including phenoxy) is 1. The van der Waals surface area contributed by atoms with E-state index in [0.29, 0.717) is 28.3 Å². The van der Waals surface area contributed by atoms with Crippen molar-refractivity contribution in [3.63, 3.8) is 0 Å². The third-order valence-electron chi connectivity index (χ3n) is 3.77. The normalized spacial score (nSPS) is 15.8. The SMILES string of the molecule is Clc1cnccc1OCC1CCN(c2ncncc2Cl)CC1. The highest BCUT2D eigenvalue weighted by Crippen LogP contribution is 2.28. The second kappa shape index (κ2) is 7.11. The van der Waals surface area contributed by atoms with Gasteiger partial charge in [0, 0.05) is 31.5 Å². The first-order valence-electron chi connectivity index (χ1n) is 7.17. The molecule has 1 saturated heterocycles. The number of halogens is 2. The Morgan fingerprint density at radius 3 is 2.64 bits per heavy atom. The Bertz CT molecular complexity index is 632. The van der Waals surface area contributed by atoms with Crippen LogP contribution < -0.4 is 9.64 Å². The monoisotopic (exact) mass is 338 g/mol. The van der Waals surface area contributed by atoms with Gasteiger partial charge in [0.15, 0.2) is 5.82 Å². The molecule has 7 heteroatoms. The average molecular weight is 339 g/mol. The largest absolute Gasteiger partial charge is 0.492 e. The van der Waals surface area contributed by atoms with E-state index in [1.807, 2.05) is 0 Å². The zero-order valence-electron chi connectivity index (χ0n) is 12.0. The van der Waals surface area contributed by atoms with E-state index in [1.54, 1.807) is 24.7 Å². The predicted molar refractivity (Wildman–Crippen MR) is 86.7 cm³/mol. The summed E-state index contributed by atoms with van der Waals surface area (Å²) in [5.41, 5.74) is 0. The van der Waals surface area contributed by atoms with Crippen molar-refractivity contribution in [3.05, 3.63) is 41.0 Å². The summed E-state index contributed by atoms with van der Waals surface area (Å²) in [6.45, 7) is 2.48. The summed E-state index contributed by atoms with van der Waals surface area (Å²) in [5.74, 6) is 2.01. The summed E-state index contributed by atoms with van der Waals surface area (Å²) in [5, 5.41) is 1.15. The van der Waals surface area contributed by atoms with Crippen LogP contribution in [0, 0.1) is 5.92 Å². The number of pyridine rings is 1. The predicted octanol–water partition coefficient (Wildman–Crippen LogP) is 3.47. The minimum atomic E-state index is 0.501. The lowest BCUT2D eigenvalue weighted by atomic mass is 9.98. The maximum absolute atomic E-state index is 6.14. The third kappa shape index (κ3) is 3.59. The van der Waals surface area contributed by atoms with Crippen molar-refractivity contribution >= 4 is 29.0 Å². The molecule has 1 fully saturated rings. The van der Waals surface area contributed by atoms with Gasteiger partial charge in [-0.25, -0.2) is 9.97 Å². The van der Waals surface area contributed by atoms with Crippen molar-refractivity contribution in [1.29, 1.82) is 0 Å². The molecule has 2 aromatic rings. The lowest BCUT2D eigenvalue weighted by Gasteiger charge is -2.32. The number of piperidine rings is 1. The van der Waals surface area contributed by atoms with E-state index < -0.39 is 0 Å². The van der Waals surface area contributed by atoms with Crippen molar-refractivity contribution in [1.82, 2.24) is 15.0 Å². The third-order valence-corrected chi connectivity index (χ3v) is 4.32. The van der Waals surface area contributed by atoms with E-state index in [4.69, 9.17) is 27.9 Å². The molecule has 3 heterocycles. The van der Waals surface area contributed by atoms with Crippen LogP contribution in [-0.2, 0) is 0 Å². The number of rotatable bonds is 4. The molecular weight excluding hydrogens is 323 g/mol. The van der Waals surface area contributed by atoms with Gasteiger partial charge in [-0.2, -0.15) is 0 Å². The number of aromatic nitrogens is 3. The van der Waals surface area contributed by atoms with Crippen molar-refractivity contribution in [2.75, 3.05) is 24.6 Å². The highest BCUT2D eigenvalue weighted by atomic mass is 35.5. The van der Waals surface area contributed by atoms with Gasteiger partial charge in [0.25, 0.3) is 0 Å². The van der Waals surface area contributed by atoms with Gasteiger partial charge in [-0.1, -0.05) is 23.2 Å². The fraction of sp³-hybridized carbons (Fsp3) is 0.400. The quantitative estimate of drug-likeness (QED) is 0.854. The highest BCUT2D eigenvalue weighted by molar-refractivity contribution is 6.32. The Kier molecular flexibility index (Phi) is 4.95. The molecule has 2 aromatic heterocycles. The summed E-state index contributed by atoms with van der Waals surface area (Å²) in [6, 6.07) is 1.79. The van der Waals surface area contributed by atoms with Crippen molar-refractivity contribution in [2.24, 2.45) is 5.92 Å². The molecule has 116 valence electrons. The Hall–Kier alpha value is -1.59. The Morgan fingerprint density at radius 1 is 1.14 bits per heavy atom. The van der Waals surface area contributed by atoms with Gasteiger partial charge in [0.1, 0.15) is 22.1 Å². The van der Waals surface area contributed by atoms with Crippen LogP contribution in [0.25, 0.3) is 0 Å². The minimum absolute atomic E-state index is 0.501. The first kappa shape index (κ1) is 15.3. The molecular formula is C15H16Cl2N4O. The van der Waals surface area contributed by atoms with Gasteiger partial charge in [-0.3, -0.25) is 4.98 Å². The van der Waals surface area contributed by atoms with Gasteiger partial charge >= 0.3 is 0 Å². The van der Waals surface area contributed by atoms with E-state index in [1.165, 1.54) is 6.33 Å². The number of nitrogens with zero attached hydrogens (tertiary/aromatic N) is 4. The Balaban J connectivity index is 1.52. The molecule has 0 aliphatic carbocycles. The standard InChI is InChI=1S/C15H16Cl2N4O/c16-12-7-18-4-1-14(12)22-9-11-2-5-21(6-3-11)15-13(17)8-19-10-20-15/h1,4,7-8,10-11H,2-3,5-6,9H2. The van der Waals surface area contributed by atoms with Crippen LogP contribution in [0.1, 0.15) is 12.8 Å². The first-order valence-corrected chi connectivity index (χ1v) is 7.92. The summed E-state index contributed by atoms with van der Waals surface area (Å²) in [4.78, 5) is 14.3. The Morgan fingerprint density at radius 2 is 1.91 bits per heavy atom. The van der Waals surface area contributed by atoms with Crippen molar-refractivity contribution < 1.29 is 4.74 Å². The second-order valence-electron chi connectivity index (χ2n) is 5.24. The molecule has 22 heavy (non-hydrogen) atoms. The summed E-state index contributed by atoms with van der Waals surface area (Å²) in [6.07, 6.45) is 8.50. The minimum Gasteiger partial charge on any atom is -0.492 e. The summed E-state index contributed by atoms with van der Waals surface area (Å²) >= 11 is 12.2. The number of anilines is 1. The van der Waals surface area contributed by atoms with Crippen LogP contribution in [0.2, 0.25) is 10.0 Å². The van der Waals surface area contributed by atoms with E-state index >= 15 is 0 Å². The fourth-order valence-electron chi connectivity index (χ4n) is 2.54. The van der Waals surface area contributed by atoms with Crippen molar-refractivity contribution in [2.45, 2.75) is 12.8 Å². The van der Waals surface area contributed by atoms with Crippen LogP contribution in [0.15, 0.2) is 31.0 Å². The highest BCUT2D eigenvalue weighted by Gasteiger charge is 2.22. The van der Waals surface area contributed by atoms with Crippen LogP contribution in [0.3, 0.4) is 0 Å². The topological polar surface area (TPSA) is 51.1 Å². The molecule has 0 radical (unpaired) electrons. The van der Waals surface area contributed by atoms with Gasteiger partial charge in [-0.15, -0.1) is 0 Å². The zero-order valence-corrected chi connectivity index (χ0v) is 13.5. The molecule has 0 spiro atoms. The first-order chi connectivity index (χ1) is 10.7. The Labute approximate surface area is 139 Å². The molecule has 1 aliphatic rings. The van der Waals surface area contributed by atoms with Crippen LogP contribution in [-0.4, -0.2) is 34.6 Å². The van der Waals surface area contributed by atoms with E-state index in [-0.39, 0.29) is 0 Å². The molecule has 3 rings (SSSR count). The lowest BCUT2D eigenvalue weighted by molar-refractivity contribution is 0.222. The van der Waals surface area contributed by atoms with E-state index in [2.05, 4.69) is 19.9 Å². The van der Waals surface area contributed by atoms with Gasteiger partial charge in [-0.05, 0) is 18.8 Å². The molecule has 0 saturated carbocycles. The molecule has 0 aromatic carbocycles. The average Bonchev–Trinajstić information content (AvgIpc) is 2.55. The van der Waals surface area contributed by atoms with E-state index in [9.17, 15) is 0 Å². The smallest absolute Gasteiger partial charge is 0.150 e. The van der Waals surface area contributed by atoms with Gasteiger partial charge < -0.3 is 9.64 Å². The van der Waals surface area contributed by atoms with Crippen LogP contribution >= 0.6 is 23.2 Å². The van der Waals surface area contributed by atoms with E-state index in [0.717, 1.165) is 31.7 Å². The van der Waals surface area contributed by atoms with Crippen LogP contribution in [0.5, 0.6) is 5.75 Å². The second-order valence-corrected chi connectivity index (χ2v) is 6.06. The van der Waals surface area contributed by atoms with Gasteiger partial charge in [0.2, 0.25) is 0 Å². The number of hydrogen-bond donors (Lipinski definition) is 0. The van der Waals surface area contributed by atoms with Gasteiger partial charge in [0.05, 0.1) is 12.8 Å². The molecule has 1 aliphatic heterocycles. The molecule has 5 nitrogen and oxygen atoms in total. The molecule has 0 N–H and O–H groups in total.